The number of carbonyl (C=O) groups is 1. The highest BCUT2D eigenvalue weighted by Gasteiger charge is 2.15. The molecule has 0 saturated carbocycles. The minimum absolute atomic E-state index is 0. The lowest BCUT2D eigenvalue weighted by atomic mass is 10.1. The number of halogens is 1. The van der Waals surface area contributed by atoms with E-state index in [2.05, 4.69) is 28.4 Å². The molecule has 0 aliphatic heterocycles. The highest BCUT2D eigenvalue weighted by Crippen LogP contribution is 2.22. The molecule has 6 heteroatoms. The number of ether oxygens (including phenoxy) is 1. The van der Waals surface area contributed by atoms with Crippen molar-refractivity contribution in [1.29, 1.82) is 0 Å². The van der Waals surface area contributed by atoms with E-state index < -0.39 is 0 Å². The molecule has 0 aliphatic carbocycles. The molecule has 0 aliphatic rings. The molecule has 0 unspecified atom stereocenters. The normalized spacial score (nSPS) is 10.6. The molecule has 0 fully saturated rings. The van der Waals surface area contributed by atoms with E-state index in [1.807, 2.05) is 54.0 Å². The van der Waals surface area contributed by atoms with Gasteiger partial charge in [-0.2, -0.15) is 4.57 Å². The van der Waals surface area contributed by atoms with Crippen LogP contribution in [0.1, 0.15) is 99.9 Å². The summed E-state index contributed by atoms with van der Waals surface area (Å²) in [6.45, 7) is 3.64. The Morgan fingerprint density at radius 2 is 1.46 bits per heavy atom. The molecule has 4 nitrogen and oxygen atoms in total. The van der Waals surface area contributed by atoms with Gasteiger partial charge in [-0.3, -0.25) is 4.79 Å². The number of anilines is 1. The number of amides is 1. The lowest BCUT2D eigenvalue weighted by Crippen LogP contribution is -3.00. The average molecular weight is 588 g/mol. The number of para-hydroxylation sites is 2. The number of carbonyl (C=O) groups excluding carboxylic acids is 1. The Kier molecular flexibility index (Phi) is 15.9. The van der Waals surface area contributed by atoms with E-state index in [4.69, 9.17) is 4.74 Å². The van der Waals surface area contributed by atoms with E-state index >= 15 is 0 Å². The minimum atomic E-state index is -0.136. The van der Waals surface area contributed by atoms with Gasteiger partial charge in [0.05, 0.1) is 23.2 Å². The van der Waals surface area contributed by atoms with Crippen molar-refractivity contribution in [1.82, 2.24) is 0 Å². The number of aromatic nitrogens is 1. The molecule has 202 valence electrons. The maximum absolute atomic E-state index is 13.1. The summed E-state index contributed by atoms with van der Waals surface area (Å²) in [5, 5.41) is 5.15. The molecule has 0 spiro atoms. The largest absolute Gasteiger partial charge is 1.00 e. The van der Waals surface area contributed by atoms with E-state index in [-0.39, 0.29) is 22.9 Å². The Balaban J connectivity index is 0.00000481. The van der Waals surface area contributed by atoms with Gasteiger partial charge in [-0.15, -0.1) is 0 Å². The summed E-state index contributed by atoms with van der Waals surface area (Å²) < 4.78 is 8.15. The Bertz CT molecular complexity index is 1010. The number of thiazole rings is 1. The van der Waals surface area contributed by atoms with Gasteiger partial charge >= 0.3 is 0 Å². The monoisotopic (exact) mass is 586 g/mol. The molecule has 1 amide bonds. The Hall–Kier alpha value is -2.18. The van der Waals surface area contributed by atoms with Crippen molar-refractivity contribution in [3.63, 3.8) is 0 Å². The quantitative estimate of drug-likeness (QED) is 0.160. The Morgan fingerprint density at radius 1 is 0.838 bits per heavy atom. The third-order valence-electron chi connectivity index (χ3n) is 6.53. The van der Waals surface area contributed by atoms with Gasteiger partial charge in [0, 0.05) is 5.56 Å². The molecule has 3 rings (SSSR count). The molecule has 1 aromatic heterocycles. The fraction of sp³-hybridized carbons (Fsp3) is 0.484. The summed E-state index contributed by atoms with van der Waals surface area (Å²) in [5.74, 6) is 0.519. The third kappa shape index (κ3) is 11.8. The summed E-state index contributed by atoms with van der Waals surface area (Å²) in [6, 6.07) is 15.5. The SMILES string of the molecule is CCCCCCCCCCCCCCOc1ccccc1C(=O)Nc1ccccc1C[n+]1ccsc1.[Br-]. The second-order valence-electron chi connectivity index (χ2n) is 9.54. The molecule has 37 heavy (non-hydrogen) atoms. The third-order valence-corrected chi connectivity index (χ3v) is 7.20. The van der Waals surface area contributed by atoms with Crippen LogP contribution < -0.4 is 31.6 Å². The standard InChI is InChI=1S/C31H42N2O2S.BrH/c1-2-3-4-5-6-7-8-9-10-11-12-17-23-35-30-21-16-14-19-28(30)31(34)32-29-20-15-13-18-27(29)25-33-22-24-36-26-33;/h13-16,18-22,24,26H,2-12,17,23,25H2,1H3;1H. The second kappa shape index (κ2) is 19.0. The lowest BCUT2D eigenvalue weighted by Gasteiger charge is -2.13. The number of hydrogen-bond acceptors (Lipinski definition) is 3. The van der Waals surface area contributed by atoms with Gasteiger partial charge in [0.25, 0.3) is 5.91 Å². The van der Waals surface area contributed by atoms with Gasteiger partial charge in [0.2, 0.25) is 5.51 Å². The van der Waals surface area contributed by atoms with Crippen molar-refractivity contribution in [2.24, 2.45) is 0 Å². The van der Waals surface area contributed by atoms with Crippen LogP contribution in [0.2, 0.25) is 0 Å². The van der Waals surface area contributed by atoms with Gasteiger partial charge in [-0.25, -0.2) is 0 Å². The predicted octanol–water partition coefficient (Wildman–Crippen LogP) is 5.42. The minimum Gasteiger partial charge on any atom is -1.00 e. The summed E-state index contributed by atoms with van der Waals surface area (Å²) in [7, 11) is 0. The topological polar surface area (TPSA) is 42.2 Å². The second-order valence-corrected chi connectivity index (χ2v) is 10.3. The van der Waals surface area contributed by atoms with Gasteiger partial charge in [0.15, 0.2) is 12.7 Å². The zero-order valence-corrected chi connectivity index (χ0v) is 24.7. The molecule has 0 atom stereocenters. The van der Waals surface area contributed by atoms with E-state index in [1.165, 1.54) is 70.6 Å². The maximum Gasteiger partial charge on any atom is 0.259 e. The highest BCUT2D eigenvalue weighted by molar-refractivity contribution is 7.07. The molecule has 0 radical (unpaired) electrons. The van der Waals surface area contributed by atoms with Crippen LogP contribution in [-0.4, -0.2) is 12.5 Å². The van der Waals surface area contributed by atoms with Crippen LogP contribution in [-0.2, 0) is 6.54 Å². The first-order valence-electron chi connectivity index (χ1n) is 13.8. The fourth-order valence-electron chi connectivity index (χ4n) is 4.42. The Morgan fingerprint density at radius 3 is 2.14 bits per heavy atom. The van der Waals surface area contributed by atoms with Crippen LogP contribution in [0.25, 0.3) is 0 Å². The van der Waals surface area contributed by atoms with Crippen LogP contribution in [0.5, 0.6) is 5.75 Å². The van der Waals surface area contributed by atoms with Gasteiger partial charge in [-0.1, -0.05) is 119 Å². The first-order chi connectivity index (χ1) is 17.8. The van der Waals surface area contributed by atoms with E-state index in [9.17, 15) is 4.79 Å². The first-order valence-corrected chi connectivity index (χ1v) is 14.7. The zero-order chi connectivity index (χ0) is 25.3. The van der Waals surface area contributed by atoms with Crippen LogP contribution in [0, 0.1) is 0 Å². The lowest BCUT2D eigenvalue weighted by molar-refractivity contribution is -0.683. The molecule has 1 N–H and O–H groups in total. The van der Waals surface area contributed by atoms with Crippen molar-refractivity contribution >= 4 is 22.9 Å². The molecule has 1 heterocycles. The molecule has 0 bridgehead atoms. The number of hydrogen-bond donors (Lipinski definition) is 1. The fourth-order valence-corrected chi connectivity index (χ4v) is 5.02. The van der Waals surface area contributed by atoms with E-state index in [0.717, 1.165) is 24.2 Å². The molecule has 0 saturated heterocycles. The highest BCUT2D eigenvalue weighted by atomic mass is 79.9. The molecular weight excluding hydrogens is 544 g/mol. The number of nitrogens with one attached hydrogen (secondary N) is 1. The number of benzene rings is 2. The molecular formula is C31H43BrN2O2S. The van der Waals surface area contributed by atoms with E-state index in [1.54, 1.807) is 11.3 Å². The summed E-state index contributed by atoms with van der Waals surface area (Å²) in [5.41, 5.74) is 4.55. The van der Waals surface area contributed by atoms with Crippen molar-refractivity contribution in [2.45, 2.75) is 90.5 Å². The van der Waals surface area contributed by atoms with Crippen LogP contribution in [0.4, 0.5) is 5.69 Å². The number of unbranched alkanes of at least 4 members (excludes halogenated alkanes) is 11. The smallest absolute Gasteiger partial charge is 0.259 e. The van der Waals surface area contributed by atoms with Gasteiger partial charge in [0.1, 0.15) is 5.75 Å². The van der Waals surface area contributed by atoms with Crippen LogP contribution >= 0.6 is 11.3 Å². The number of nitrogens with zero attached hydrogens (tertiary/aromatic N) is 1. The molecule has 2 aromatic carbocycles. The summed E-state index contributed by atoms with van der Waals surface area (Å²) in [4.78, 5) is 13.1. The average Bonchev–Trinajstić information content (AvgIpc) is 3.41. The zero-order valence-electron chi connectivity index (χ0n) is 22.3. The van der Waals surface area contributed by atoms with Crippen LogP contribution in [0.3, 0.4) is 0 Å². The molecule has 3 aromatic rings. The van der Waals surface area contributed by atoms with Crippen molar-refractivity contribution < 1.29 is 31.1 Å². The van der Waals surface area contributed by atoms with Crippen molar-refractivity contribution in [3.8, 4) is 5.75 Å². The van der Waals surface area contributed by atoms with Crippen LogP contribution in [0.15, 0.2) is 65.6 Å². The van der Waals surface area contributed by atoms with Crippen molar-refractivity contribution in [3.05, 3.63) is 76.7 Å². The van der Waals surface area contributed by atoms with Gasteiger partial charge in [-0.05, 0) is 24.6 Å². The summed E-state index contributed by atoms with van der Waals surface area (Å²) >= 11 is 1.66. The summed E-state index contributed by atoms with van der Waals surface area (Å²) in [6.07, 6.45) is 17.9. The van der Waals surface area contributed by atoms with Gasteiger partial charge < -0.3 is 27.0 Å². The maximum atomic E-state index is 13.1. The number of rotatable bonds is 18. The van der Waals surface area contributed by atoms with E-state index in [0.29, 0.717) is 17.9 Å². The first kappa shape index (κ1) is 31.0. The predicted molar refractivity (Wildman–Crippen MR) is 151 cm³/mol. The Labute approximate surface area is 238 Å². The van der Waals surface area contributed by atoms with Crippen molar-refractivity contribution in [2.75, 3.05) is 11.9 Å².